The summed E-state index contributed by atoms with van der Waals surface area (Å²) in [6.45, 7) is 2.27. The van der Waals surface area contributed by atoms with Gasteiger partial charge in [-0.3, -0.25) is 9.59 Å². The number of hydrogen-bond acceptors (Lipinski definition) is 5. The predicted octanol–water partition coefficient (Wildman–Crippen LogP) is 2.24. The van der Waals surface area contributed by atoms with Crippen LogP contribution < -0.4 is 4.74 Å². The van der Waals surface area contributed by atoms with Crippen LogP contribution in [-0.2, 0) is 14.3 Å². The number of ether oxygens (including phenoxy) is 2. The first-order valence-corrected chi connectivity index (χ1v) is 7.89. The van der Waals surface area contributed by atoms with Gasteiger partial charge in [0.1, 0.15) is 11.3 Å². The minimum atomic E-state index is -0.521. The lowest BCUT2D eigenvalue weighted by Crippen LogP contribution is -2.35. The summed E-state index contributed by atoms with van der Waals surface area (Å²) in [6, 6.07) is 4.99. The Morgan fingerprint density at radius 2 is 2.04 bits per heavy atom. The molecule has 0 saturated heterocycles. The summed E-state index contributed by atoms with van der Waals surface area (Å²) in [4.78, 5) is 37.4. The van der Waals surface area contributed by atoms with Crippen molar-refractivity contribution in [2.45, 2.75) is 13.3 Å². The average molecular weight is 343 g/mol. The zero-order valence-electron chi connectivity index (χ0n) is 14.6. The Hall–Kier alpha value is -2.89. The Bertz CT molecular complexity index is 748. The molecule has 1 aromatic carbocycles. The van der Waals surface area contributed by atoms with Crippen LogP contribution in [0.15, 0.2) is 35.9 Å². The smallest absolute Gasteiger partial charge is 0.341 e. The van der Waals surface area contributed by atoms with Gasteiger partial charge in [0.15, 0.2) is 5.78 Å². The minimum absolute atomic E-state index is 0.108. The highest BCUT2D eigenvalue weighted by Gasteiger charge is 2.18. The van der Waals surface area contributed by atoms with Crippen LogP contribution >= 0.6 is 0 Å². The predicted molar refractivity (Wildman–Crippen MR) is 93.3 cm³/mol. The number of methoxy groups -OCH3 is 2. The molecular formula is C19H21NO5. The van der Waals surface area contributed by atoms with Gasteiger partial charge in [-0.25, -0.2) is 4.79 Å². The molecule has 132 valence electrons. The summed E-state index contributed by atoms with van der Waals surface area (Å²) in [5.41, 5.74) is 1.43. The second-order valence-electron chi connectivity index (χ2n) is 5.63. The second-order valence-corrected chi connectivity index (χ2v) is 5.63. The Morgan fingerprint density at radius 1 is 1.28 bits per heavy atom. The molecule has 1 aromatic rings. The van der Waals surface area contributed by atoms with Crippen LogP contribution in [0.4, 0.5) is 0 Å². The van der Waals surface area contributed by atoms with Crippen LogP contribution in [0.1, 0.15) is 29.3 Å². The molecule has 2 rings (SSSR count). The Morgan fingerprint density at radius 3 is 2.64 bits per heavy atom. The van der Waals surface area contributed by atoms with Gasteiger partial charge < -0.3 is 14.4 Å². The third-order valence-electron chi connectivity index (χ3n) is 3.92. The van der Waals surface area contributed by atoms with Crippen molar-refractivity contribution in [2.75, 3.05) is 27.3 Å². The molecule has 0 bridgehead atoms. The zero-order chi connectivity index (χ0) is 18.4. The largest absolute Gasteiger partial charge is 0.496 e. The number of benzene rings is 1. The molecule has 0 saturated carbocycles. The maximum Gasteiger partial charge on any atom is 0.341 e. The summed E-state index contributed by atoms with van der Waals surface area (Å²) in [6.07, 6.45) is 5.79. The fourth-order valence-electron chi connectivity index (χ4n) is 2.54. The number of nitrogens with zero attached hydrogens (tertiary/aromatic N) is 1. The van der Waals surface area contributed by atoms with Crippen LogP contribution in [0.2, 0.25) is 0 Å². The standard InChI is InChI=1S/C19H21NO5/c1-13(21)15(12-20-9-5-4-6-18(20)22)10-14-7-8-17(24-2)16(11-14)19(23)25-3/h4,6-8,10-11H,5,9,12H2,1-3H3/b15-10-. The number of rotatable bonds is 6. The molecule has 6 nitrogen and oxygen atoms in total. The van der Waals surface area contributed by atoms with E-state index in [0.29, 0.717) is 23.4 Å². The molecule has 0 unspecified atom stereocenters. The van der Waals surface area contributed by atoms with Crippen molar-refractivity contribution in [3.8, 4) is 5.75 Å². The minimum Gasteiger partial charge on any atom is -0.496 e. The van der Waals surface area contributed by atoms with E-state index in [1.165, 1.54) is 27.2 Å². The van der Waals surface area contributed by atoms with E-state index in [4.69, 9.17) is 9.47 Å². The number of carbonyl (C=O) groups is 3. The number of carbonyl (C=O) groups excluding carboxylic acids is 3. The third-order valence-corrected chi connectivity index (χ3v) is 3.92. The number of esters is 1. The van der Waals surface area contributed by atoms with Crippen molar-refractivity contribution in [1.82, 2.24) is 4.90 Å². The molecule has 0 radical (unpaired) electrons. The van der Waals surface area contributed by atoms with Crippen LogP contribution in [-0.4, -0.2) is 49.9 Å². The molecule has 6 heteroatoms. The summed E-state index contributed by atoms with van der Waals surface area (Å²) in [7, 11) is 2.76. The number of ketones is 1. The first-order chi connectivity index (χ1) is 12.0. The van der Waals surface area contributed by atoms with E-state index in [9.17, 15) is 14.4 Å². The van der Waals surface area contributed by atoms with Gasteiger partial charge in [0.2, 0.25) is 5.91 Å². The lowest BCUT2D eigenvalue weighted by atomic mass is 10.0. The summed E-state index contributed by atoms with van der Waals surface area (Å²) < 4.78 is 9.92. The lowest BCUT2D eigenvalue weighted by Gasteiger charge is -2.24. The summed E-state index contributed by atoms with van der Waals surface area (Å²) >= 11 is 0. The van der Waals surface area contributed by atoms with Crippen molar-refractivity contribution >= 4 is 23.7 Å². The maximum absolute atomic E-state index is 12.0. The zero-order valence-corrected chi connectivity index (χ0v) is 14.6. The fraction of sp³-hybridized carbons (Fsp3) is 0.316. The number of Topliss-reactive ketones (excluding diaryl/α,β-unsaturated/α-hetero) is 1. The average Bonchev–Trinajstić information content (AvgIpc) is 2.62. The third kappa shape index (κ3) is 4.56. The maximum atomic E-state index is 12.0. The van der Waals surface area contributed by atoms with E-state index in [2.05, 4.69) is 0 Å². The molecule has 1 aliphatic rings. The van der Waals surface area contributed by atoms with Gasteiger partial charge in [0.05, 0.1) is 14.2 Å². The van der Waals surface area contributed by atoms with Gasteiger partial charge >= 0.3 is 5.97 Å². The van der Waals surface area contributed by atoms with Crippen molar-refractivity contribution in [3.05, 3.63) is 47.1 Å². The summed E-state index contributed by atoms with van der Waals surface area (Å²) in [5, 5.41) is 0. The van der Waals surface area contributed by atoms with Crippen molar-refractivity contribution < 1.29 is 23.9 Å². The molecule has 0 fully saturated rings. The fourth-order valence-corrected chi connectivity index (χ4v) is 2.54. The highest BCUT2D eigenvalue weighted by atomic mass is 16.5. The summed E-state index contributed by atoms with van der Waals surface area (Å²) in [5.74, 6) is -0.362. The van der Waals surface area contributed by atoms with Crippen LogP contribution in [0.3, 0.4) is 0 Å². The first-order valence-electron chi connectivity index (χ1n) is 7.89. The lowest BCUT2D eigenvalue weighted by molar-refractivity contribution is -0.126. The van der Waals surface area contributed by atoms with Gasteiger partial charge in [-0.15, -0.1) is 0 Å². The van der Waals surface area contributed by atoms with E-state index in [1.54, 1.807) is 29.2 Å². The molecule has 25 heavy (non-hydrogen) atoms. The molecule has 1 aliphatic heterocycles. The number of hydrogen-bond donors (Lipinski definition) is 0. The van der Waals surface area contributed by atoms with E-state index in [1.807, 2.05) is 6.08 Å². The topological polar surface area (TPSA) is 72.9 Å². The molecule has 0 N–H and O–H groups in total. The second kappa shape index (κ2) is 8.28. The van der Waals surface area contributed by atoms with Crippen molar-refractivity contribution in [2.24, 2.45) is 0 Å². The Kier molecular flexibility index (Phi) is 6.11. The number of amides is 1. The molecule has 0 aromatic heterocycles. The highest BCUT2D eigenvalue weighted by Crippen LogP contribution is 2.22. The normalized spacial score (nSPS) is 14.4. The van der Waals surface area contributed by atoms with Crippen LogP contribution in [0.5, 0.6) is 5.75 Å². The Balaban J connectivity index is 2.33. The molecule has 0 aliphatic carbocycles. The first kappa shape index (κ1) is 18.4. The SMILES string of the molecule is COC(=O)c1cc(/C=C(/CN2CCC=CC2=O)C(C)=O)ccc1OC. The van der Waals surface area contributed by atoms with Crippen molar-refractivity contribution in [3.63, 3.8) is 0 Å². The highest BCUT2D eigenvalue weighted by molar-refractivity contribution is 6.00. The van der Waals surface area contributed by atoms with Crippen LogP contribution in [0, 0.1) is 0 Å². The monoisotopic (exact) mass is 343 g/mol. The van der Waals surface area contributed by atoms with Crippen molar-refractivity contribution in [1.29, 1.82) is 0 Å². The van der Waals surface area contributed by atoms with Crippen LogP contribution in [0.25, 0.3) is 6.08 Å². The van der Waals surface area contributed by atoms with Gasteiger partial charge in [-0.05, 0) is 43.2 Å². The van der Waals surface area contributed by atoms with E-state index >= 15 is 0 Å². The van der Waals surface area contributed by atoms with E-state index in [0.717, 1.165) is 6.42 Å². The molecule has 1 amide bonds. The molecular weight excluding hydrogens is 322 g/mol. The van der Waals surface area contributed by atoms with Gasteiger partial charge in [0, 0.05) is 18.7 Å². The van der Waals surface area contributed by atoms with E-state index in [-0.39, 0.29) is 23.8 Å². The van der Waals surface area contributed by atoms with Gasteiger partial charge in [-0.2, -0.15) is 0 Å². The van der Waals surface area contributed by atoms with E-state index < -0.39 is 5.97 Å². The van der Waals surface area contributed by atoms with Gasteiger partial charge in [-0.1, -0.05) is 12.1 Å². The van der Waals surface area contributed by atoms with Gasteiger partial charge in [0.25, 0.3) is 0 Å². The molecule has 0 spiro atoms. The molecule has 0 atom stereocenters. The quantitative estimate of drug-likeness (QED) is 0.585. The molecule has 1 heterocycles. The Labute approximate surface area is 146 Å².